The number of benzene rings is 1. The maximum atomic E-state index is 5.99. The zero-order chi connectivity index (χ0) is 12.2. The van der Waals surface area contributed by atoms with E-state index in [2.05, 4.69) is 20.8 Å². The van der Waals surface area contributed by atoms with Crippen LogP contribution >= 0.6 is 11.6 Å². The summed E-state index contributed by atoms with van der Waals surface area (Å²) in [6.07, 6.45) is 0.945. The third-order valence-corrected chi connectivity index (χ3v) is 2.40. The molecule has 0 saturated carbocycles. The Hall–Kier alpha value is -0.730. The second kappa shape index (κ2) is 5.55. The van der Waals surface area contributed by atoms with Crippen molar-refractivity contribution in [2.45, 2.75) is 33.2 Å². The summed E-state index contributed by atoms with van der Waals surface area (Å²) < 4.78 is 5.59. The molecule has 0 saturated heterocycles. The molecule has 0 radical (unpaired) electrons. The molecule has 0 fully saturated rings. The van der Waals surface area contributed by atoms with Crippen molar-refractivity contribution in [1.29, 1.82) is 0 Å². The van der Waals surface area contributed by atoms with Crippen LogP contribution in [0.1, 0.15) is 27.2 Å². The number of hydrogen-bond acceptors (Lipinski definition) is 2. The molecule has 0 aliphatic heterocycles. The molecule has 1 aromatic rings. The van der Waals surface area contributed by atoms with Crippen molar-refractivity contribution >= 4 is 11.6 Å². The number of hydrogen-bond donors (Lipinski definition) is 1. The Bertz CT molecular complexity index is 316. The van der Waals surface area contributed by atoms with Crippen LogP contribution in [-0.4, -0.2) is 12.6 Å². The van der Waals surface area contributed by atoms with Crippen molar-refractivity contribution in [3.63, 3.8) is 0 Å². The molecule has 0 bridgehead atoms. The van der Waals surface area contributed by atoms with Gasteiger partial charge in [-0.3, -0.25) is 0 Å². The first kappa shape index (κ1) is 13.3. The van der Waals surface area contributed by atoms with Crippen LogP contribution in [-0.2, 0) is 0 Å². The van der Waals surface area contributed by atoms with Crippen molar-refractivity contribution in [3.05, 3.63) is 29.3 Å². The lowest BCUT2D eigenvalue weighted by Crippen LogP contribution is -2.32. The second-order valence-electron chi connectivity index (χ2n) is 5.29. The average Bonchev–Trinajstić information content (AvgIpc) is 2.14. The molecular weight excluding hydrogens is 222 g/mol. The zero-order valence-corrected chi connectivity index (χ0v) is 10.9. The highest BCUT2D eigenvalue weighted by molar-refractivity contribution is 6.30. The highest BCUT2D eigenvalue weighted by Crippen LogP contribution is 2.21. The Morgan fingerprint density at radius 3 is 2.31 bits per heavy atom. The van der Waals surface area contributed by atoms with Gasteiger partial charge in [-0.05, 0) is 36.1 Å². The van der Waals surface area contributed by atoms with Gasteiger partial charge < -0.3 is 10.5 Å². The van der Waals surface area contributed by atoms with Gasteiger partial charge in [-0.1, -0.05) is 32.4 Å². The molecule has 0 aliphatic rings. The topological polar surface area (TPSA) is 35.2 Å². The first-order chi connectivity index (χ1) is 7.37. The molecule has 1 unspecified atom stereocenters. The molecule has 3 heteroatoms. The monoisotopic (exact) mass is 241 g/mol. The smallest absolute Gasteiger partial charge is 0.119 e. The van der Waals surface area contributed by atoms with E-state index in [0.29, 0.717) is 11.6 Å². The Balaban J connectivity index is 2.37. The van der Waals surface area contributed by atoms with Crippen LogP contribution in [0.2, 0.25) is 5.02 Å². The lowest BCUT2D eigenvalue weighted by atomic mass is 9.89. The predicted octanol–water partition coefficient (Wildman–Crippen LogP) is 3.48. The molecule has 1 atom stereocenters. The molecule has 0 spiro atoms. The van der Waals surface area contributed by atoms with Crippen LogP contribution in [0.15, 0.2) is 24.3 Å². The van der Waals surface area contributed by atoms with E-state index in [1.807, 2.05) is 24.3 Å². The predicted molar refractivity (Wildman–Crippen MR) is 69.0 cm³/mol. The van der Waals surface area contributed by atoms with Crippen molar-refractivity contribution < 1.29 is 4.74 Å². The molecule has 0 aliphatic carbocycles. The Morgan fingerprint density at radius 2 is 1.81 bits per heavy atom. The molecule has 16 heavy (non-hydrogen) atoms. The molecule has 1 aromatic carbocycles. The summed E-state index contributed by atoms with van der Waals surface area (Å²) >= 11 is 5.78. The van der Waals surface area contributed by atoms with Gasteiger partial charge in [-0.2, -0.15) is 0 Å². The highest BCUT2D eigenvalue weighted by Gasteiger charge is 2.15. The number of nitrogens with two attached hydrogens (primary N) is 1. The van der Waals surface area contributed by atoms with E-state index in [0.717, 1.165) is 12.2 Å². The zero-order valence-electron chi connectivity index (χ0n) is 10.2. The lowest BCUT2D eigenvalue weighted by Gasteiger charge is -2.23. The van der Waals surface area contributed by atoms with Crippen molar-refractivity contribution in [2.75, 3.05) is 6.61 Å². The molecule has 0 aromatic heterocycles. The third kappa shape index (κ3) is 5.38. The minimum atomic E-state index is 0.0654. The molecular formula is C13H20ClNO. The van der Waals surface area contributed by atoms with Crippen LogP contribution in [0.3, 0.4) is 0 Å². The van der Waals surface area contributed by atoms with Gasteiger partial charge in [-0.15, -0.1) is 0 Å². The molecule has 2 N–H and O–H groups in total. The van der Waals surface area contributed by atoms with E-state index in [4.69, 9.17) is 22.1 Å². The first-order valence-corrected chi connectivity index (χ1v) is 5.88. The highest BCUT2D eigenvalue weighted by atomic mass is 35.5. The van der Waals surface area contributed by atoms with Gasteiger partial charge in [0.15, 0.2) is 0 Å². The number of rotatable bonds is 4. The number of ether oxygens (including phenoxy) is 1. The minimum absolute atomic E-state index is 0.0654. The van der Waals surface area contributed by atoms with Crippen molar-refractivity contribution in [1.82, 2.24) is 0 Å². The average molecular weight is 242 g/mol. The summed E-state index contributed by atoms with van der Waals surface area (Å²) in [7, 11) is 0. The standard InChI is InChI=1S/C13H20ClNO/c1-13(2,3)8-11(15)9-16-12-6-4-10(14)5-7-12/h4-7,11H,8-9,15H2,1-3H3. The maximum Gasteiger partial charge on any atom is 0.119 e. The second-order valence-corrected chi connectivity index (χ2v) is 5.73. The van der Waals surface area contributed by atoms with E-state index in [-0.39, 0.29) is 11.5 Å². The summed E-state index contributed by atoms with van der Waals surface area (Å²) in [6.45, 7) is 7.07. The summed E-state index contributed by atoms with van der Waals surface area (Å²) in [4.78, 5) is 0. The fourth-order valence-corrected chi connectivity index (χ4v) is 1.71. The summed E-state index contributed by atoms with van der Waals surface area (Å²) in [5, 5.41) is 0.714. The molecule has 90 valence electrons. The van der Waals surface area contributed by atoms with Gasteiger partial charge in [0.05, 0.1) is 0 Å². The molecule has 0 heterocycles. The fourth-order valence-electron chi connectivity index (χ4n) is 1.58. The normalized spacial score (nSPS) is 13.6. The molecule has 0 amide bonds. The first-order valence-electron chi connectivity index (χ1n) is 5.51. The van der Waals surface area contributed by atoms with Crippen LogP contribution < -0.4 is 10.5 Å². The van der Waals surface area contributed by atoms with Gasteiger partial charge in [-0.25, -0.2) is 0 Å². The largest absolute Gasteiger partial charge is 0.492 e. The van der Waals surface area contributed by atoms with E-state index >= 15 is 0 Å². The van der Waals surface area contributed by atoms with Gasteiger partial charge in [0.1, 0.15) is 12.4 Å². The maximum absolute atomic E-state index is 5.99. The van der Waals surface area contributed by atoms with Crippen LogP contribution in [0.4, 0.5) is 0 Å². The van der Waals surface area contributed by atoms with Crippen LogP contribution in [0.25, 0.3) is 0 Å². The Morgan fingerprint density at radius 1 is 1.25 bits per heavy atom. The van der Waals surface area contributed by atoms with E-state index in [1.165, 1.54) is 0 Å². The van der Waals surface area contributed by atoms with Crippen molar-refractivity contribution in [2.24, 2.45) is 11.1 Å². The van der Waals surface area contributed by atoms with Crippen molar-refractivity contribution in [3.8, 4) is 5.75 Å². The summed E-state index contributed by atoms with van der Waals surface area (Å²) in [5.41, 5.74) is 6.23. The third-order valence-electron chi connectivity index (χ3n) is 2.15. The molecule has 2 nitrogen and oxygen atoms in total. The van der Waals surface area contributed by atoms with E-state index in [1.54, 1.807) is 0 Å². The minimum Gasteiger partial charge on any atom is -0.492 e. The Labute approximate surface area is 103 Å². The number of halogens is 1. The van der Waals surface area contributed by atoms with Crippen LogP contribution in [0, 0.1) is 5.41 Å². The molecule has 1 rings (SSSR count). The SMILES string of the molecule is CC(C)(C)CC(N)COc1ccc(Cl)cc1. The summed E-state index contributed by atoms with van der Waals surface area (Å²) in [6, 6.07) is 7.40. The quantitative estimate of drug-likeness (QED) is 0.876. The van der Waals surface area contributed by atoms with Gasteiger partial charge >= 0.3 is 0 Å². The fraction of sp³-hybridized carbons (Fsp3) is 0.538. The van der Waals surface area contributed by atoms with Gasteiger partial charge in [0.25, 0.3) is 0 Å². The summed E-state index contributed by atoms with van der Waals surface area (Å²) in [5.74, 6) is 0.814. The van der Waals surface area contributed by atoms with Gasteiger partial charge in [0, 0.05) is 11.1 Å². The Kier molecular flexibility index (Phi) is 4.63. The van der Waals surface area contributed by atoms with Crippen LogP contribution in [0.5, 0.6) is 5.75 Å². The van der Waals surface area contributed by atoms with E-state index in [9.17, 15) is 0 Å². The van der Waals surface area contributed by atoms with E-state index < -0.39 is 0 Å². The lowest BCUT2D eigenvalue weighted by molar-refractivity contribution is 0.241. The van der Waals surface area contributed by atoms with Gasteiger partial charge in [0.2, 0.25) is 0 Å².